The quantitative estimate of drug-likeness (QED) is 0.419. The molecule has 0 spiro atoms. The number of esters is 2. The summed E-state index contributed by atoms with van der Waals surface area (Å²) in [6.07, 6.45) is -5.17. The first-order valence-corrected chi connectivity index (χ1v) is 6.56. The highest BCUT2D eigenvalue weighted by Gasteiger charge is 2.60. The summed E-state index contributed by atoms with van der Waals surface area (Å²) in [6, 6.07) is 0. The van der Waals surface area contributed by atoms with Crippen LogP contribution in [0.4, 0.5) is 22.0 Å². The lowest BCUT2D eigenvalue weighted by molar-refractivity contribution is -0.331. The van der Waals surface area contributed by atoms with Crippen LogP contribution in [0, 0.1) is 0 Å². The molecule has 9 heteroatoms. The van der Waals surface area contributed by atoms with Gasteiger partial charge in [-0.3, -0.25) is 0 Å². The fourth-order valence-electron chi connectivity index (χ4n) is 0.721. The molecule has 0 bridgehead atoms. The lowest BCUT2D eigenvalue weighted by Gasteiger charge is -2.22. The first-order chi connectivity index (χ1) is 10.5. The normalized spacial score (nSPS) is 11.8. The van der Waals surface area contributed by atoms with E-state index >= 15 is 0 Å². The molecule has 0 rings (SSSR count). The van der Waals surface area contributed by atoms with E-state index in [0.717, 1.165) is 6.92 Å². The Kier molecular flexibility index (Phi) is 8.91. The van der Waals surface area contributed by atoms with E-state index in [9.17, 15) is 31.5 Å². The maximum Gasteiger partial charge on any atom is 0.469 e. The van der Waals surface area contributed by atoms with Gasteiger partial charge in [-0.1, -0.05) is 13.2 Å². The highest BCUT2D eigenvalue weighted by Crippen LogP contribution is 2.36. The van der Waals surface area contributed by atoms with Crippen LogP contribution in [0.15, 0.2) is 24.3 Å². The van der Waals surface area contributed by atoms with E-state index in [0.29, 0.717) is 5.57 Å². The molecule has 24 heavy (non-hydrogen) atoms. The summed E-state index contributed by atoms with van der Waals surface area (Å²) in [5.41, 5.74) is -0.454. The van der Waals surface area contributed by atoms with Crippen molar-refractivity contribution < 1.29 is 41.0 Å². The molecule has 0 unspecified atom stereocenters. The van der Waals surface area contributed by atoms with Gasteiger partial charge in [-0.15, -0.1) is 0 Å². The Balaban J connectivity index is 0. The van der Waals surface area contributed by atoms with Gasteiger partial charge in [-0.05, 0) is 34.6 Å². The Bertz CT molecular complexity index is 493. The van der Waals surface area contributed by atoms with Crippen molar-refractivity contribution in [1.82, 2.24) is 0 Å². The molecule has 0 N–H and O–H groups in total. The standard InChI is InChI=1S/C8H14O2.C7H7F5O2/c1-6(2)7(9)10-8(3,4)5;1-4(2)5(13)14-7(11,12)6(9,10)3-8/h1H2,2-5H3;1,3H2,2H3. The molecule has 0 saturated carbocycles. The summed E-state index contributed by atoms with van der Waals surface area (Å²) < 4.78 is 68.5. The number of hydrogen-bond acceptors (Lipinski definition) is 4. The third kappa shape index (κ3) is 9.26. The average Bonchev–Trinajstić information content (AvgIpc) is 2.36. The van der Waals surface area contributed by atoms with Gasteiger partial charge in [0, 0.05) is 11.1 Å². The number of carbonyl (C=O) groups excluding carboxylic acids is 2. The van der Waals surface area contributed by atoms with Crippen molar-refractivity contribution in [2.24, 2.45) is 0 Å². The van der Waals surface area contributed by atoms with Gasteiger partial charge in [0.05, 0.1) is 0 Å². The van der Waals surface area contributed by atoms with Crippen molar-refractivity contribution in [2.45, 2.75) is 52.3 Å². The van der Waals surface area contributed by atoms with E-state index in [4.69, 9.17) is 4.74 Å². The van der Waals surface area contributed by atoms with Crippen LogP contribution in [0.25, 0.3) is 0 Å². The van der Waals surface area contributed by atoms with E-state index in [1.165, 1.54) is 0 Å². The van der Waals surface area contributed by atoms with Crippen LogP contribution in [-0.2, 0) is 19.1 Å². The molecular formula is C15H21F5O4. The second-order valence-electron chi connectivity index (χ2n) is 5.81. The summed E-state index contributed by atoms with van der Waals surface area (Å²) in [5.74, 6) is -7.06. The van der Waals surface area contributed by atoms with Gasteiger partial charge in [-0.2, -0.15) is 17.6 Å². The molecule has 0 radical (unpaired) electrons. The van der Waals surface area contributed by atoms with Crippen molar-refractivity contribution in [1.29, 1.82) is 0 Å². The molecule has 0 fully saturated rings. The van der Waals surface area contributed by atoms with Crippen LogP contribution < -0.4 is 0 Å². The molecule has 0 aromatic carbocycles. The topological polar surface area (TPSA) is 52.6 Å². The van der Waals surface area contributed by atoms with Gasteiger partial charge in [0.25, 0.3) is 0 Å². The molecule has 0 aliphatic heterocycles. The van der Waals surface area contributed by atoms with Gasteiger partial charge in [0.1, 0.15) is 5.60 Å². The van der Waals surface area contributed by atoms with E-state index in [1.807, 2.05) is 20.8 Å². The second-order valence-corrected chi connectivity index (χ2v) is 5.81. The van der Waals surface area contributed by atoms with Crippen molar-refractivity contribution in [2.75, 3.05) is 6.67 Å². The number of hydrogen-bond donors (Lipinski definition) is 0. The summed E-state index contributed by atoms with van der Waals surface area (Å²) in [4.78, 5) is 21.3. The number of rotatable bonds is 5. The minimum absolute atomic E-state index is 0.326. The lowest BCUT2D eigenvalue weighted by atomic mass is 10.2. The summed E-state index contributed by atoms with van der Waals surface area (Å²) in [6.45, 7) is 11.9. The third-order valence-electron chi connectivity index (χ3n) is 1.91. The highest BCUT2D eigenvalue weighted by molar-refractivity contribution is 5.87. The molecule has 0 atom stereocenters. The van der Waals surface area contributed by atoms with Gasteiger partial charge in [0.2, 0.25) is 0 Å². The first kappa shape index (κ1) is 24.3. The molecule has 140 valence electrons. The highest BCUT2D eigenvalue weighted by atomic mass is 19.3. The van der Waals surface area contributed by atoms with Gasteiger partial charge in [-0.25, -0.2) is 14.0 Å². The lowest BCUT2D eigenvalue weighted by Crippen LogP contribution is -2.45. The predicted octanol–water partition coefficient (Wildman–Crippen LogP) is 4.21. The molecule has 0 heterocycles. The van der Waals surface area contributed by atoms with Crippen LogP contribution >= 0.6 is 0 Å². The van der Waals surface area contributed by atoms with Crippen LogP contribution in [0.3, 0.4) is 0 Å². The van der Waals surface area contributed by atoms with Crippen LogP contribution in [-0.4, -0.2) is 36.2 Å². The molecule has 0 aliphatic carbocycles. The number of alkyl halides is 5. The van der Waals surface area contributed by atoms with Gasteiger partial charge in [0.15, 0.2) is 6.67 Å². The van der Waals surface area contributed by atoms with E-state index in [-0.39, 0.29) is 5.97 Å². The summed E-state index contributed by atoms with van der Waals surface area (Å²) >= 11 is 0. The fourth-order valence-corrected chi connectivity index (χ4v) is 0.721. The molecule has 0 saturated heterocycles. The fraction of sp³-hybridized carbons (Fsp3) is 0.600. The maximum absolute atomic E-state index is 12.3. The first-order valence-electron chi connectivity index (χ1n) is 6.56. The van der Waals surface area contributed by atoms with Crippen LogP contribution in [0.2, 0.25) is 0 Å². The van der Waals surface area contributed by atoms with E-state index < -0.39 is 35.8 Å². The van der Waals surface area contributed by atoms with Crippen LogP contribution in [0.5, 0.6) is 0 Å². The Morgan fingerprint density at radius 1 is 0.875 bits per heavy atom. The van der Waals surface area contributed by atoms with Crippen LogP contribution in [0.1, 0.15) is 34.6 Å². The predicted molar refractivity (Wildman–Crippen MR) is 77.4 cm³/mol. The number of ether oxygens (including phenoxy) is 2. The molecule has 0 aromatic rings. The van der Waals surface area contributed by atoms with Crippen molar-refractivity contribution in [3.05, 3.63) is 24.3 Å². The molecule has 0 amide bonds. The Hall–Kier alpha value is -1.93. The smallest absolute Gasteiger partial charge is 0.457 e. The molecular weight excluding hydrogens is 339 g/mol. The third-order valence-corrected chi connectivity index (χ3v) is 1.91. The molecule has 4 nitrogen and oxygen atoms in total. The second kappa shape index (κ2) is 8.79. The molecule has 0 aliphatic rings. The summed E-state index contributed by atoms with van der Waals surface area (Å²) in [5, 5.41) is 0. The zero-order chi connectivity index (χ0) is 19.9. The van der Waals surface area contributed by atoms with Gasteiger partial charge >= 0.3 is 24.0 Å². The average molecular weight is 360 g/mol. The number of halogens is 5. The Labute approximate surface area is 137 Å². The van der Waals surface area contributed by atoms with Gasteiger partial charge < -0.3 is 9.47 Å². The molecule has 0 aromatic heterocycles. The Morgan fingerprint density at radius 2 is 1.21 bits per heavy atom. The monoisotopic (exact) mass is 360 g/mol. The minimum Gasteiger partial charge on any atom is -0.457 e. The zero-order valence-corrected chi connectivity index (χ0v) is 14.1. The minimum atomic E-state index is -5.17. The largest absolute Gasteiger partial charge is 0.469 e. The maximum atomic E-state index is 12.3. The zero-order valence-electron chi connectivity index (χ0n) is 14.1. The van der Waals surface area contributed by atoms with Crippen molar-refractivity contribution in [3.63, 3.8) is 0 Å². The number of carbonyl (C=O) groups is 2. The van der Waals surface area contributed by atoms with Crippen molar-refractivity contribution >= 4 is 11.9 Å². The summed E-state index contributed by atoms with van der Waals surface area (Å²) in [7, 11) is 0. The Morgan fingerprint density at radius 3 is 1.42 bits per heavy atom. The van der Waals surface area contributed by atoms with E-state index in [2.05, 4.69) is 17.9 Å². The van der Waals surface area contributed by atoms with E-state index in [1.54, 1.807) is 6.92 Å². The van der Waals surface area contributed by atoms with Crippen molar-refractivity contribution in [3.8, 4) is 0 Å². The SMILES string of the molecule is C=C(C)C(=O)OC(C)(C)C.C=C(C)C(=O)OC(F)(F)C(F)(F)CF.